The summed E-state index contributed by atoms with van der Waals surface area (Å²) in [5.41, 5.74) is 0.507. The molecule has 1 aromatic carbocycles. The van der Waals surface area contributed by atoms with Crippen molar-refractivity contribution in [2.45, 2.75) is 50.2 Å². The Morgan fingerprint density at radius 3 is 2.35 bits per heavy atom. The molecule has 1 aliphatic carbocycles. The number of hydrogen-bond donors (Lipinski definition) is 2. The molecule has 2 N–H and O–H groups in total. The molecule has 4 amide bonds. The molecule has 198 valence electrons. The number of nitrogens with zero attached hydrogens (tertiary/aromatic N) is 3. The fourth-order valence-corrected chi connectivity index (χ4v) is 6.06. The lowest BCUT2D eigenvalue weighted by Crippen LogP contribution is -2.67. The zero-order valence-corrected chi connectivity index (χ0v) is 20.6. The molecule has 9 nitrogen and oxygen atoms in total. The van der Waals surface area contributed by atoms with E-state index in [0.29, 0.717) is 43.2 Å². The van der Waals surface area contributed by atoms with Gasteiger partial charge in [0.25, 0.3) is 0 Å². The van der Waals surface area contributed by atoms with Crippen molar-refractivity contribution in [2.75, 3.05) is 44.2 Å². The number of rotatable bonds is 6. The third-order valence-electron chi connectivity index (χ3n) is 8.43. The quantitative estimate of drug-likeness (QED) is 0.445. The Bertz CT molecular complexity index is 1130. The van der Waals surface area contributed by atoms with Crippen LogP contribution in [0, 0.1) is 17.0 Å². The lowest BCUT2D eigenvalue weighted by Gasteiger charge is -2.57. The minimum Gasteiger partial charge on any atom is -0.473 e. The molecule has 1 spiro atoms. The molecule has 11 heteroatoms. The minimum atomic E-state index is -1.01. The van der Waals surface area contributed by atoms with Crippen molar-refractivity contribution >= 4 is 23.5 Å². The number of carbonyl (C=O) groups is 3. The number of amides is 4. The monoisotopic (exact) mass is 515 g/mol. The second kappa shape index (κ2) is 8.88. The van der Waals surface area contributed by atoms with Crippen LogP contribution < -0.4 is 15.5 Å². The number of nitrogens with one attached hydrogen (secondary N) is 2. The van der Waals surface area contributed by atoms with Crippen molar-refractivity contribution in [3.63, 3.8) is 0 Å². The summed E-state index contributed by atoms with van der Waals surface area (Å²) >= 11 is 0. The van der Waals surface area contributed by atoms with Gasteiger partial charge in [-0.1, -0.05) is 6.42 Å². The second-order valence-electron chi connectivity index (χ2n) is 11.1. The highest BCUT2D eigenvalue weighted by molar-refractivity contribution is 6.01. The SMILES string of the molecule is C=C(NC1CN(c2cc(F)c(C3CCC(=O)NC3=O)c(F)c2)C1)OC1CN(C(=O)N2CC3(CCC3)C2)C1. The first kappa shape index (κ1) is 24.0. The van der Waals surface area contributed by atoms with Crippen molar-refractivity contribution < 1.29 is 27.9 Å². The molecule has 4 saturated heterocycles. The van der Waals surface area contributed by atoms with Crippen LogP contribution in [0.25, 0.3) is 0 Å². The van der Waals surface area contributed by atoms with Gasteiger partial charge in [-0.2, -0.15) is 0 Å². The Morgan fingerprint density at radius 1 is 1.08 bits per heavy atom. The predicted molar refractivity (Wildman–Crippen MR) is 129 cm³/mol. The number of imide groups is 1. The Hall–Kier alpha value is -3.37. The van der Waals surface area contributed by atoms with Crippen molar-refractivity contribution in [2.24, 2.45) is 5.41 Å². The van der Waals surface area contributed by atoms with Crippen LogP contribution in [0.5, 0.6) is 0 Å². The molecule has 5 fully saturated rings. The fraction of sp³-hybridized carbons (Fsp3) is 0.577. The highest BCUT2D eigenvalue weighted by atomic mass is 19.1. The van der Waals surface area contributed by atoms with Gasteiger partial charge < -0.3 is 24.8 Å². The molecule has 5 aliphatic rings. The van der Waals surface area contributed by atoms with E-state index in [0.717, 1.165) is 13.1 Å². The van der Waals surface area contributed by atoms with Crippen LogP contribution in [0.3, 0.4) is 0 Å². The smallest absolute Gasteiger partial charge is 0.320 e. The van der Waals surface area contributed by atoms with Crippen LogP contribution >= 0.6 is 0 Å². The van der Waals surface area contributed by atoms with Crippen molar-refractivity contribution in [3.05, 3.63) is 41.8 Å². The first-order valence-electron chi connectivity index (χ1n) is 12.9. The third-order valence-corrected chi connectivity index (χ3v) is 8.43. The molecule has 0 aromatic heterocycles. The maximum Gasteiger partial charge on any atom is 0.320 e. The minimum absolute atomic E-state index is 0.00555. The molecule has 1 atom stereocenters. The third kappa shape index (κ3) is 4.38. The summed E-state index contributed by atoms with van der Waals surface area (Å²) in [6, 6.07) is 2.56. The van der Waals surface area contributed by atoms with E-state index in [2.05, 4.69) is 17.2 Å². The van der Waals surface area contributed by atoms with Crippen molar-refractivity contribution in [1.29, 1.82) is 0 Å². The van der Waals surface area contributed by atoms with E-state index in [4.69, 9.17) is 4.74 Å². The van der Waals surface area contributed by atoms with Gasteiger partial charge in [0.2, 0.25) is 11.8 Å². The standard InChI is InChI=1S/C26H31F2N5O4/c1-15(37-18-11-32(12-18)25(36)33-13-26(14-33)5-2-6-26)29-16-9-31(10-16)17-7-20(27)23(21(28)8-17)19-3-4-22(34)30-24(19)35/h7-8,16,18-19,29H,1-6,9-14H2,(H,30,34,35). The van der Waals surface area contributed by atoms with E-state index in [1.165, 1.54) is 31.4 Å². The largest absolute Gasteiger partial charge is 0.473 e. The molecule has 4 aliphatic heterocycles. The topological polar surface area (TPSA) is 94.2 Å². The summed E-state index contributed by atoms with van der Waals surface area (Å²) in [5, 5.41) is 5.33. The van der Waals surface area contributed by atoms with Crippen LogP contribution in [0.4, 0.5) is 19.3 Å². The van der Waals surface area contributed by atoms with E-state index in [-0.39, 0.29) is 36.6 Å². The highest BCUT2D eigenvalue weighted by Crippen LogP contribution is 2.48. The molecular weight excluding hydrogens is 484 g/mol. The van der Waals surface area contributed by atoms with Gasteiger partial charge in [0.1, 0.15) is 17.7 Å². The fourth-order valence-electron chi connectivity index (χ4n) is 6.06. The molecule has 6 rings (SSSR count). The predicted octanol–water partition coefficient (Wildman–Crippen LogP) is 2.04. The van der Waals surface area contributed by atoms with E-state index in [1.54, 1.807) is 4.90 Å². The van der Waals surface area contributed by atoms with Crippen LogP contribution in [0.1, 0.15) is 43.6 Å². The Labute approximate surface area is 213 Å². The first-order chi connectivity index (χ1) is 17.7. The summed E-state index contributed by atoms with van der Waals surface area (Å²) in [6.45, 7) is 7.78. The molecule has 0 radical (unpaired) electrons. The van der Waals surface area contributed by atoms with E-state index >= 15 is 0 Å². The maximum atomic E-state index is 14.8. The number of hydrogen-bond acceptors (Lipinski definition) is 6. The van der Waals surface area contributed by atoms with Crippen LogP contribution in [0.2, 0.25) is 0 Å². The van der Waals surface area contributed by atoms with Gasteiger partial charge in [-0.3, -0.25) is 14.9 Å². The molecule has 1 unspecified atom stereocenters. The van der Waals surface area contributed by atoms with E-state index in [1.807, 2.05) is 9.80 Å². The number of piperidine rings is 1. The van der Waals surface area contributed by atoms with Gasteiger partial charge in [-0.25, -0.2) is 13.6 Å². The number of ether oxygens (including phenoxy) is 1. The van der Waals surface area contributed by atoms with Crippen LogP contribution in [-0.4, -0.2) is 79.1 Å². The summed E-state index contributed by atoms with van der Waals surface area (Å²) in [5.74, 6) is -3.28. The van der Waals surface area contributed by atoms with Gasteiger partial charge in [0, 0.05) is 49.3 Å². The molecule has 37 heavy (non-hydrogen) atoms. The molecule has 0 bridgehead atoms. The summed E-state index contributed by atoms with van der Waals surface area (Å²) in [7, 11) is 0. The van der Waals surface area contributed by atoms with Crippen molar-refractivity contribution in [1.82, 2.24) is 20.4 Å². The normalized spacial score (nSPS) is 25.0. The highest BCUT2D eigenvalue weighted by Gasteiger charge is 2.51. The number of carbonyl (C=O) groups excluding carboxylic acids is 3. The van der Waals surface area contributed by atoms with Gasteiger partial charge >= 0.3 is 6.03 Å². The van der Waals surface area contributed by atoms with Gasteiger partial charge in [0.15, 0.2) is 5.88 Å². The van der Waals surface area contributed by atoms with E-state index < -0.39 is 29.4 Å². The van der Waals surface area contributed by atoms with Gasteiger partial charge in [-0.15, -0.1) is 0 Å². The summed E-state index contributed by atoms with van der Waals surface area (Å²) < 4.78 is 35.4. The molecule has 1 aromatic rings. The summed E-state index contributed by atoms with van der Waals surface area (Å²) in [6.07, 6.45) is 3.80. The van der Waals surface area contributed by atoms with Gasteiger partial charge in [0.05, 0.1) is 25.0 Å². The Kier molecular flexibility index (Phi) is 5.76. The average molecular weight is 516 g/mol. The Balaban J connectivity index is 0.937. The first-order valence-corrected chi connectivity index (χ1v) is 12.9. The zero-order valence-electron chi connectivity index (χ0n) is 20.6. The van der Waals surface area contributed by atoms with Crippen LogP contribution in [-0.2, 0) is 14.3 Å². The maximum absolute atomic E-state index is 14.8. The Morgan fingerprint density at radius 2 is 1.76 bits per heavy atom. The van der Waals surface area contributed by atoms with Crippen molar-refractivity contribution in [3.8, 4) is 0 Å². The van der Waals surface area contributed by atoms with Crippen LogP contribution in [0.15, 0.2) is 24.6 Å². The number of likely N-dealkylation sites (tertiary alicyclic amines) is 2. The summed E-state index contributed by atoms with van der Waals surface area (Å²) in [4.78, 5) is 41.5. The number of urea groups is 1. The van der Waals surface area contributed by atoms with E-state index in [9.17, 15) is 23.2 Å². The number of anilines is 1. The second-order valence-corrected chi connectivity index (χ2v) is 11.1. The number of benzene rings is 1. The molecular formula is C26H31F2N5O4. The zero-order chi connectivity index (χ0) is 25.9. The molecule has 4 heterocycles. The van der Waals surface area contributed by atoms with Gasteiger partial charge in [-0.05, 0) is 38.0 Å². The lowest BCUT2D eigenvalue weighted by molar-refractivity contribution is -0.134. The lowest BCUT2D eigenvalue weighted by atomic mass is 9.64. The number of halogens is 2. The average Bonchev–Trinajstić information content (AvgIpc) is 2.71. The molecule has 1 saturated carbocycles.